The van der Waals surface area contributed by atoms with Gasteiger partial charge in [-0.25, -0.2) is 9.97 Å². The van der Waals surface area contributed by atoms with E-state index in [4.69, 9.17) is 0 Å². The number of carbonyl (C=O) groups is 1. The molecule has 0 aliphatic carbocycles. The Labute approximate surface area is 145 Å². The first-order valence-electron chi connectivity index (χ1n) is 7.91. The summed E-state index contributed by atoms with van der Waals surface area (Å²) < 4.78 is 0. The fourth-order valence-corrected chi connectivity index (χ4v) is 2.52. The molecular weight excluding hydrogens is 316 g/mol. The molecule has 1 aromatic carbocycles. The predicted molar refractivity (Wildman–Crippen MR) is 95.1 cm³/mol. The molecule has 0 aliphatic heterocycles. The Morgan fingerprint density at radius 3 is 2.36 bits per heavy atom. The zero-order chi connectivity index (χ0) is 17.8. The Morgan fingerprint density at radius 2 is 1.72 bits per heavy atom. The number of amides is 1. The van der Waals surface area contributed by atoms with Gasteiger partial charge in [0.15, 0.2) is 0 Å². The molecule has 2 N–H and O–H groups in total. The highest BCUT2D eigenvalue weighted by Crippen LogP contribution is 2.20. The summed E-state index contributed by atoms with van der Waals surface area (Å²) in [5.74, 6) is -0.394. The van der Waals surface area contributed by atoms with Gasteiger partial charge < -0.3 is 10.3 Å². The van der Waals surface area contributed by atoms with Gasteiger partial charge >= 0.3 is 0 Å². The topological polar surface area (TPSA) is 87.7 Å². The van der Waals surface area contributed by atoms with E-state index in [9.17, 15) is 9.59 Å². The molecule has 0 fully saturated rings. The van der Waals surface area contributed by atoms with Crippen LogP contribution in [0, 0.1) is 6.92 Å². The largest absolute Gasteiger partial charge is 0.345 e. The summed E-state index contributed by atoms with van der Waals surface area (Å²) in [7, 11) is 0. The number of benzene rings is 1. The molecule has 0 spiro atoms. The van der Waals surface area contributed by atoms with Crippen molar-refractivity contribution in [1.82, 2.24) is 20.3 Å². The second-order valence-corrected chi connectivity index (χ2v) is 5.83. The molecule has 1 amide bonds. The van der Waals surface area contributed by atoms with E-state index in [0.29, 0.717) is 0 Å². The minimum Gasteiger partial charge on any atom is -0.345 e. The summed E-state index contributed by atoms with van der Waals surface area (Å²) in [4.78, 5) is 34.8. The monoisotopic (exact) mass is 334 g/mol. The third-order valence-electron chi connectivity index (χ3n) is 3.95. The molecule has 0 saturated carbocycles. The molecule has 2 heterocycles. The Bertz CT molecular complexity index is 934. The molecule has 2 aromatic heterocycles. The van der Waals surface area contributed by atoms with Crippen molar-refractivity contribution in [3.8, 4) is 11.1 Å². The maximum absolute atomic E-state index is 12.3. The highest BCUT2D eigenvalue weighted by Gasteiger charge is 2.14. The van der Waals surface area contributed by atoms with Crippen molar-refractivity contribution in [2.24, 2.45) is 0 Å². The molecule has 6 nitrogen and oxygen atoms in total. The molecule has 0 aliphatic rings. The second-order valence-electron chi connectivity index (χ2n) is 5.83. The van der Waals surface area contributed by atoms with Gasteiger partial charge in [0, 0.05) is 23.7 Å². The van der Waals surface area contributed by atoms with Gasteiger partial charge in [0.25, 0.3) is 11.5 Å². The summed E-state index contributed by atoms with van der Waals surface area (Å²) in [6, 6.07) is 10.8. The van der Waals surface area contributed by atoms with Crippen molar-refractivity contribution in [2.45, 2.75) is 19.9 Å². The van der Waals surface area contributed by atoms with Gasteiger partial charge in [-0.05, 0) is 37.1 Å². The van der Waals surface area contributed by atoms with Crippen molar-refractivity contribution in [2.75, 3.05) is 0 Å². The van der Waals surface area contributed by atoms with Crippen molar-refractivity contribution in [1.29, 1.82) is 0 Å². The standard InChI is InChI=1S/C19H18N4O2/c1-12-3-8-17(18(24)22-12)19(25)23-13(2)14-4-6-15(7-5-14)16-9-20-11-21-10-16/h3-11,13H,1-2H3,(H,22,24)(H,23,25)/t13-/m1/s1. The van der Waals surface area contributed by atoms with Crippen LogP contribution in [0.25, 0.3) is 11.1 Å². The highest BCUT2D eigenvalue weighted by molar-refractivity contribution is 5.94. The molecule has 0 bridgehead atoms. The minimum atomic E-state index is -0.394. The zero-order valence-electron chi connectivity index (χ0n) is 14.0. The number of rotatable bonds is 4. The Morgan fingerprint density at radius 1 is 1.04 bits per heavy atom. The van der Waals surface area contributed by atoms with Crippen LogP contribution < -0.4 is 10.9 Å². The number of aromatic nitrogens is 3. The molecule has 0 unspecified atom stereocenters. The number of carbonyl (C=O) groups excluding carboxylic acids is 1. The number of hydrogen-bond donors (Lipinski definition) is 2. The summed E-state index contributed by atoms with van der Waals surface area (Å²) in [6.45, 7) is 3.64. The first kappa shape index (κ1) is 16.6. The van der Waals surface area contributed by atoms with Crippen LogP contribution in [0.5, 0.6) is 0 Å². The average molecular weight is 334 g/mol. The first-order valence-corrected chi connectivity index (χ1v) is 7.91. The van der Waals surface area contributed by atoms with E-state index in [0.717, 1.165) is 22.4 Å². The van der Waals surface area contributed by atoms with Crippen LogP contribution >= 0.6 is 0 Å². The number of nitrogens with one attached hydrogen (secondary N) is 2. The van der Waals surface area contributed by atoms with Gasteiger partial charge in [-0.3, -0.25) is 9.59 Å². The quantitative estimate of drug-likeness (QED) is 0.768. The van der Waals surface area contributed by atoms with E-state index in [1.165, 1.54) is 12.4 Å². The van der Waals surface area contributed by atoms with Crippen LogP contribution in [-0.2, 0) is 0 Å². The van der Waals surface area contributed by atoms with Gasteiger partial charge in [0.05, 0.1) is 6.04 Å². The summed E-state index contributed by atoms with van der Waals surface area (Å²) in [6.07, 6.45) is 4.98. The number of H-pyrrole nitrogens is 1. The van der Waals surface area contributed by atoms with E-state index >= 15 is 0 Å². The van der Waals surface area contributed by atoms with Crippen LogP contribution in [0.3, 0.4) is 0 Å². The number of hydrogen-bond acceptors (Lipinski definition) is 4. The van der Waals surface area contributed by atoms with Gasteiger partial charge in [-0.2, -0.15) is 0 Å². The van der Waals surface area contributed by atoms with Crippen LogP contribution in [0.1, 0.15) is 34.6 Å². The Kier molecular flexibility index (Phi) is 4.70. The lowest BCUT2D eigenvalue weighted by molar-refractivity contribution is 0.0938. The lowest BCUT2D eigenvalue weighted by atomic mass is 10.0. The summed E-state index contributed by atoms with van der Waals surface area (Å²) in [5, 5.41) is 2.85. The molecule has 0 saturated heterocycles. The Hall–Kier alpha value is -3.28. The molecule has 6 heteroatoms. The average Bonchev–Trinajstić information content (AvgIpc) is 2.62. The predicted octanol–water partition coefficient (Wildman–Crippen LogP) is 2.63. The Balaban J connectivity index is 1.74. The minimum absolute atomic E-state index is 0.107. The van der Waals surface area contributed by atoms with Gasteiger partial charge in [-0.1, -0.05) is 24.3 Å². The third kappa shape index (κ3) is 3.80. The molecule has 3 rings (SSSR count). The normalized spacial score (nSPS) is 11.8. The SMILES string of the molecule is Cc1ccc(C(=O)N[C@H](C)c2ccc(-c3cncnc3)cc2)c(=O)[nH]1. The maximum Gasteiger partial charge on any atom is 0.260 e. The lowest BCUT2D eigenvalue weighted by Gasteiger charge is -2.14. The molecule has 25 heavy (non-hydrogen) atoms. The van der Waals surface area contributed by atoms with Crippen molar-refractivity contribution in [3.63, 3.8) is 0 Å². The first-order chi connectivity index (χ1) is 12.0. The lowest BCUT2D eigenvalue weighted by Crippen LogP contribution is -2.31. The summed E-state index contributed by atoms with van der Waals surface area (Å²) in [5.41, 5.74) is 3.31. The van der Waals surface area contributed by atoms with Crippen LogP contribution in [-0.4, -0.2) is 20.9 Å². The summed E-state index contributed by atoms with van der Waals surface area (Å²) >= 11 is 0. The number of pyridine rings is 1. The fraction of sp³-hybridized carbons (Fsp3) is 0.158. The van der Waals surface area contributed by atoms with Gasteiger partial charge in [0.1, 0.15) is 11.9 Å². The number of nitrogens with zero attached hydrogens (tertiary/aromatic N) is 2. The maximum atomic E-state index is 12.3. The van der Waals surface area contributed by atoms with E-state index < -0.39 is 5.91 Å². The second kappa shape index (κ2) is 7.09. The van der Waals surface area contributed by atoms with Gasteiger partial charge in [-0.15, -0.1) is 0 Å². The molecule has 126 valence electrons. The molecule has 1 atom stereocenters. The van der Waals surface area contributed by atoms with Crippen molar-refractivity contribution in [3.05, 3.63) is 82.3 Å². The molecular formula is C19H18N4O2. The molecule has 3 aromatic rings. The number of aromatic amines is 1. The van der Waals surface area contributed by atoms with E-state index in [2.05, 4.69) is 20.3 Å². The molecule has 0 radical (unpaired) electrons. The van der Waals surface area contributed by atoms with Gasteiger partial charge in [0.2, 0.25) is 0 Å². The van der Waals surface area contributed by atoms with Crippen molar-refractivity contribution < 1.29 is 4.79 Å². The third-order valence-corrected chi connectivity index (χ3v) is 3.95. The number of aryl methyl sites for hydroxylation is 1. The fourth-order valence-electron chi connectivity index (χ4n) is 2.52. The van der Waals surface area contributed by atoms with Crippen LogP contribution in [0.4, 0.5) is 0 Å². The van der Waals surface area contributed by atoms with E-state index in [1.54, 1.807) is 25.4 Å². The van der Waals surface area contributed by atoms with E-state index in [1.807, 2.05) is 31.2 Å². The van der Waals surface area contributed by atoms with Crippen molar-refractivity contribution >= 4 is 5.91 Å². The smallest absolute Gasteiger partial charge is 0.260 e. The highest BCUT2D eigenvalue weighted by atomic mass is 16.2. The van der Waals surface area contributed by atoms with E-state index in [-0.39, 0.29) is 17.2 Å². The zero-order valence-corrected chi connectivity index (χ0v) is 14.0. The van der Waals surface area contributed by atoms with Crippen LogP contribution in [0.15, 0.2) is 59.9 Å². The van der Waals surface area contributed by atoms with Crippen LogP contribution in [0.2, 0.25) is 0 Å².